The normalized spacial score (nSPS) is 10.1. The van der Waals surface area contributed by atoms with Crippen LogP contribution in [0.1, 0.15) is 21.5 Å². The second-order valence-electron chi connectivity index (χ2n) is 4.43. The number of aromatic nitrogens is 2. The Morgan fingerprint density at radius 2 is 1.85 bits per heavy atom. The van der Waals surface area contributed by atoms with E-state index in [1.165, 1.54) is 23.5 Å². The highest BCUT2D eigenvalue weighted by Gasteiger charge is 2.04. The summed E-state index contributed by atoms with van der Waals surface area (Å²) >= 11 is 0. The number of hydrazine groups is 1. The van der Waals surface area contributed by atoms with Gasteiger partial charge in [0.1, 0.15) is 0 Å². The van der Waals surface area contributed by atoms with Crippen LogP contribution < -0.4 is 16.6 Å². The van der Waals surface area contributed by atoms with Crippen LogP contribution >= 0.6 is 0 Å². The molecular weight excluding hydrogens is 254 g/mol. The van der Waals surface area contributed by atoms with Crippen LogP contribution in [0.5, 0.6) is 0 Å². The topological polar surface area (TPSA) is 92.9 Å². The number of nitrogens with one attached hydrogen (secondary N) is 2. The van der Waals surface area contributed by atoms with E-state index < -0.39 is 5.91 Å². The molecule has 0 atom stereocenters. The van der Waals surface area contributed by atoms with E-state index in [0.717, 1.165) is 13.0 Å². The minimum Gasteiger partial charge on any atom is -0.354 e. The number of anilines is 1. The molecule has 0 saturated heterocycles. The van der Waals surface area contributed by atoms with Crippen LogP contribution in [0.3, 0.4) is 0 Å². The summed E-state index contributed by atoms with van der Waals surface area (Å²) in [6.45, 7) is 2.79. The van der Waals surface area contributed by atoms with Gasteiger partial charge in [-0.25, -0.2) is 15.8 Å². The van der Waals surface area contributed by atoms with Crippen molar-refractivity contribution in [2.45, 2.75) is 13.3 Å². The SMILES string of the molecule is Cc1ccc(CCNc2ncc(C(=O)NN)cn2)cc1. The molecule has 2 aromatic rings. The molecular formula is C14H17N5O. The summed E-state index contributed by atoms with van der Waals surface area (Å²) in [5.74, 6) is 5.11. The molecule has 0 aliphatic carbocycles. The fraction of sp³-hybridized carbons (Fsp3) is 0.214. The van der Waals surface area contributed by atoms with Crippen LogP contribution in [-0.4, -0.2) is 22.4 Å². The lowest BCUT2D eigenvalue weighted by Gasteiger charge is -2.05. The molecule has 20 heavy (non-hydrogen) atoms. The van der Waals surface area contributed by atoms with E-state index in [2.05, 4.69) is 46.5 Å². The molecule has 1 aromatic heterocycles. The van der Waals surface area contributed by atoms with Crippen molar-refractivity contribution >= 4 is 11.9 Å². The van der Waals surface area contributed by atoms with Crippen LogP contribution in [0, 0.1) is 6.92 Å². The van der Waals surface area contributed by atoms with Crippen LogP contribution in [0.4, 0.5) is 5.95 Å². The van der Waals surface area contributed by atoms with Crippen LogP contribution in [0.25, 0.3) is 0 Å². The summed E-state index contributed by atoms with van der Waals surface area (Å²) in [5.41, 5.74) is 4.86. The molecule has 104 valence electrons. The van der Waals surface area contributed by atoms with Crippen LogP contribution in [-0.2, 0) is 6.42 Å². The van der Waals surface area contributed by atoms with Gasteiger partial charge in [-0.1, -0.05) is 29.8 Å². The van der Waals surface area contributed by atoms with Crippen molar-refractivity contribution in [1.82, 2.24) is 15.4 Å². The maximum atomic E-state index is 11.2. The van der Waals surface area contributed by atoms with Crippen molar-refractivity contribution in [1.29, 1.82) is 0 Å². The van der Waals surface area contributed by atoms with Gasteiger partial charge in [0, 0.05) is 18.9 Å². The Morgan fingerprint density at radius 3 is 2.45 bits per heavy atom. The Morgan fingerprint density at radius 1 is 1.20 bits per heavy atom. The third-order valence-electron chi connectivity index (χ3n) is 2.86. The summed E-state index contributed by atoms with van der Waals surface area (Å²) in [6, 6.07) is 8.39. The number of benzene rings is 1. The van der Waals surface area contributed by atoms with Gasteiger partial charge in [-0.15, -0.1) is 0 Å². The number of carbonyl (C=O) groups excluding carboxylic acids is 1. The monoisotopic (exact) mass is 271 g/mol. The molecule has 1 amide bonds. The predicted octanol–water partition coefficient (Wildman–Crippen LogP) is 1.04. The lowest BCUT2D eigenvalue weighted by molar-refractivity contribution is 0.0953. The van der Waals surface area contributed by atoms with Gasteiger partial charge in [-0.2, -0.15) is 0 Å². The van der Waals surface area contributed by atoms with Crippen LogP contribution in [0.2, 0.25) is 0 Å². The number of nitrogen functional groups attached to an aromatic ring is 1. The van der Waals surface area contributed by atoms with E-state index in [4.69, 9.17) is 5.84 Å². The molecule has 0 aliphatic heterocycles. The molecule has 4 N–H and O–H groups in total. The zero-order valence-corrected chi connectivity index (χ0v) is 11.3. The second kappa shape index (κ2) is 6.63. The molecule has 0 unspecified atom stereocenters. The molecule has 2 rings (SSSR count). The average Bonchev–Trinajstić information content (AvgIpc) is 2.49. The number of amides is 1. The fourth-order valence-electron chi connectivity index (χ4n) is 1.69. The van der Waals surface area contributed by atoms with Crippen molar-refractivity contribution in [2.24, 2.45) is 5.84 Å². The standard InChI is InChI=1S/C14H17N5O/c1-10-2-4-11(5-3-10)6-7-16-14-17-8-12(9-18-14)13(20)19-15/h2-5,8-9H,6-7,15H2,1H3,(H,19,20)(H,16,17,18). The number of hydrogen-bond acceptors (Lipinski definition) is 5. The quantitative estimate of drug-likeness (QED) is 0.429. The Balaban J connectivity index is 1.85. The van der Waals surface area contributed by atoms with Crippen molar-refractivity contribution in [3.63, 3.8) is 0 Å². The molecule has 0 radical (unpaired) electrons. The maximum Gasteiger partial charge on any atom is 0.268 e. The third-order valence-corrected chi connectivity index (χ3v) is 2.86. The molecule has 0 spiro atoms. The third kappa shape index (κ3) is 3.76. The average molecular weight is 271 g/mol. The lowest BCUT2D eigenvalue weighted by Crippen LogP contribution is -2.30. The highest BCUT2D eigenvalue weighted by Crippen LogP contribution is 2.05. The minimum atomic E-state index is -0.406. The minimum absolute atomic E-state index is 0.330. The number of rotatable bonds is 5. The number of carbonyl (C=O) groups is 1. The number of aryl methyl sites for hydroxylation is 1. The van der Waals surface area contributed by atoms with Gasteiger partial charge in [0.25, 0.3) is 5.91 Å². The van der Waals surface area contributed by atoms with Crippen molar-refractivity contribution in [3.8, 4) is 0 Å². The summed E-state index contributed by atoms with van der Waals surface area (Å²) in [5, 5.41) is 3.11. The Bertz CT molecular complexity index is 565. The van der Waals surface area contributed by atoms with Gasteiger partial charge >= 0.3 is 0 Å². The van der Waals surface area contributed by atoms with Gasteiger partial charge < -0.3 is 5.32 Å². The molecule has 6 nitrogen and oxygen atoms in total. The van der Waals surface area contributed by atoms with E-state index in [0.29, 0.717) is 11.5 Å². The zero-order chi connectivity index (χ0) is 14.4. The van der Waals surface area contributed by atoms with Crippen molar-refractivity contribution < 1.29 is 4.79 Å². The first-order valence-electron chi connectivity index (χ1n) is 6.31. The maximum absolute atomic E-state index is 11.2. The van der Waals surface area contributed by atoms with E-state index >= 15 is 0 Å². The Kier molecular flexibility index (Phi) is 4.62. The lowest BCUT2D eigenvalue weighted by atomic mass is 10.1. The highest BCUT2D eigenvalue weighted by atomic mass is 16.2. The first kappa shape index (κ1) is 14.0. The Hall–Kier alpha value is -2.47. The highest BCUT2D eigenvalue weighted by molar-refractivity contribution is 5.93. The molecule has 6 heteroatoms. The van der Waals surface area contributed by atoms with E-state index in [1.54, 1.807) is 0 Å². The van der Waals surface area contributed by atoms with Gasteiger partial charge in [0.2, 0.25) is 5.95 Å². The number of hydrogen-bond donors (Lipinski definition) is 3. The molecule has 1 heterocycles. The van der Waals surface area contributed by atoms with Gasteiger partial charge in [0.05, 0.1) is 5.56 Å². The molecule has 0 saturated carbocycles. The molecule has 0 fully saturated rings. The van der Waals surface area contributed by atoms with Crippen molar-refractivity contribution in [3.05, 3.63) is 53.3 Å². The largest absolute Gasteiger partial charge is 0.354 e. The first-order valence-corrected chi connectivity index (χ1v) is 6.31. The zero-order valence-electron chi connectivity index (χ0n) is 11.3. The van der Waals surface area contributed by atoms with E-state index in [1.807, 2.05) is 5.43 Å². The van der Waals surface area contributed by atoms with Gasteiger partial charge in [-0.05, 0) is 18.9 Å². The van der Waals surface area contributed by atoms with Crippen LogP contribution in [0.15, 0.2) is 36.7 Å². The number of nitrogens with two attached hydrogens (primary N) is 1. The van der Waals surface area contributed by atoms with E-state index in [9.17, 15) is 4.79 Å². The number of nitrogens with zero attached hydrogens (tertiary/aromatic N) is 2. The molecule has 0 bridgehead atoms. The van der Waals surface area contributed by atoms with Crippen molar-refractivity contribution in [2.75, 3.05) is 11.9 Å². The van der Waals surface area contributed by atoms with Gasteiger partial charge in [0.15, 0.2) is 0 Å². The fourth-order valence-corrected chi connectivity index (χ4v) is 1.69. The summed E-state index contributed by atoms with van der Waals surface area (Å²) < 4.78 is 0. The smallest absolute Gasteiger partial charge is 0.268 e. The summed E-state index contributed by atoms with van der Waals surface area (Å²) in [4.78, 5) is 19.3. The molecule has 1 aromatic carbocycles. The first-order chi connectivity index (χ1) is 9.69. The summed E-state index contributed by atoms with van der Waals surface area (Å²) in [6.07, 6.45) is 3.75. The predicted molar refractivity (Wildman–Crippen MR) is 77.1 cm³/mol. The van der Waals surface area contributed by atoms with E-state index in [-0.39, 0.29) is 0 Å². The summed E-state index contributed by atoms with van der Waals surface area (Å²) in [7, 11) is 0. The Labute approximate surface area is 117 Å². The molecule has 0 aliphatic rings. The van der Waals surface area contributed by atoms with Gasteiger partial charge in [-0.3, -0.25) is 10.2 Å². The second-order valence-corrected chi connectivity index (χ2v) is 4.43.